The minimum Gasteiger partial charge on any atom is -0.314 e. The molecule has 0 bridgehead atoms. The molecule has 1 rings (SSSR count). The maximum atomic E-state index is 4.23. The molecule has 0 aliphatic heterocycles. The van der Waals surface area contributed by atoms with Crippen molar-refractivity contribution in [2.75, 3.05) is 7.05 Å². The van der Waals surface area contributed by atoms with Crippen LogP contribution in [-0.4, -0.2) is 18.1 Å². The number of likely N-dealkylation sites (N-methyl/N-ethyl adjacent to an activating group) is 1. The third-order valence-corrected chi connectivity index (χ3v) is 2.18. The van der Waals surface area contributed by atoms with Crippen molar-refractivity contribution < 1.29 is 0 Å². The highest BCUT2D eigenvalue weighted by molar-refractivity contribution is 5.49. The van der Waals surface area contributed by atoms with E-state index in [0.29, 0.717) is 6.04 Å². The van der Waals surface area contributed by atoms with Gasteiger partial charge in [0.2, 0.25) is 0 Å². The Balaban J connectivity index is 2.77. The van der Waals surface area contributed by atoms with E-state index in [2.05, 4.69) is 30.2 Å². The van der Waals surface area contributed by atoms with Crippen LogP contribution in [0, 0.1) is 0 Å². The number of nitrogens with one attached hydrogen (secondary N) is 1. The van der Waals surface area contributed by atoms with E-state index in [1.807, 2.05) is 31.4 Å². The molecule has 13 heavy (non-hydrogen) atoms. The number of hydrogen-bond acceptors (Lipinski definition) is 2. The van der Waals surface area contributed by atoms with E-state index in [1.165, 1.54) is 5.57 Å². The Bertz CT molecular complexity index is 277. The quantitative estimate of drug-likeness (QED) is 0.762. The first-order valence-electron chi connectivity index (χ1n) is 4.50. The first-order chi connectivity index (χ1) is 6.24. The summed E-state index contributed by atoms with van der Waals surface area (Å²) in [5.41, 5.74) is 2.31. The van der Waals surface area contributed by atoms with Gasteiger partial charge in [-0.1, -0.05) is 11.6 Å². The van der Waals surface area contributed by atoms with E-state index >= 15 is 0 Å². The average molecular weight is 176 g/mol. The molecule has 1 atom stereocenters. The van der Waals surface area contributed by atoms with Crippen LogP contribution < -0.4 is 5.32 Å². The molecule has 0 saturated heterocycles. The Hall–Kier alpha value is -1.15. The number of pyridine rings is 1. The monoisotopic (exact) mass is 176 g/mol. The number of aromatic nitrogens is 1. The van der Waals surface area contributed by atoms with Crippen molar-refractivity contribution in [2.45, 2.75) is 19.9 Å². The fourth-order valence-corrected chi connectivity index (χ4v) is 1.05. The topological polar surface area (TPSA) is 24.9 Å². The zero-order valence-electron chi connectivity index (χ0n) is 8.41. The molecule has 1 heterocycles. The first kappa shape index (κ1) is 9.93. The predicted octanol–water partition coefficient (Wildman–Crippen LogP) is 2.09. The van der Waals surface area contributed by atoms with E-state index in [4.69, 9.17) is 0 Å². The van der Waals surface area contributed by atoms with Crippen LogP contribution in [0.2, 0.25) is 0 Å². The van der Waals surface area contributed by atoms with Gasteiger partial charge in [0.25, 0.3) is 0 Å². The lowest BCUT2D eigenvalue weighted by Gasteiger charge is -2.09. The molecule has 2 heteroatoms. The van der Waals surface area contributed by atoms with Gasteiger partial charge in [0.1, 0.15) is 0 Å². The molecule has 0 aliphatic carbocycles. The second-order valence-corrected chi connectivity index (χ2v) is 3.15. The highest BCUT2D eigenvalue weighted by Gasteiger charge is 1.99. The van der Waals surface area contributed by atoms with E-state index in [-0.39, 0.29) is 0 Å². The molecule has 1 N–H and O–H groups in total. The van der Waals surface area contributed by atoms with Crippen molar-refractivity contribution in [3.8, 4) is 0 Å². The molecule has 70 valence electrons. The van der Waals surface area contributed by atoms with Crippen LogP contribution in [0.25, 0.3) is 6.08 Å². The summed E-state index contributed by atoms with van der Waals surface area (Å²) in [6, 6.07) is 6.33. The Morgan fingerprint density at radius 3 is 2.85 bits per heavy atom. The average Bonchev–Trinajstić information content (AvgIpc) is 2.18. The summed E-state index contributed by atoms with van der Waals surface area (Å²) < 4.78 is 0. The van der Waals surface area contributed by atoms with Crippen molar-refractivity contribution in [1.29, 1.82) is 0 Å². The zero-order valence-corrected chi connectivity index (χ0v) is 8.41. The van der Waals surface area contributed by atoms with Crippen LogP contribution in [0.4, 0.5) is 0 Å². The second kappa shape index (κ2) is 4.77. The van der Waals surface area contributed by atoms with Crippen LogP contribution in [0.3, 0.4) is 0 Å². The highest BCUT2D eigenvalue weighted by atomic mass is 14.9. The summed E-state index contributed by atoms with van der Waals surface area (Å²) in [5, 5.41) is 3.19. The Morgan fingerprint density at radius 2 is 2.31 bits per heavy atom. The lowest BCUT2D eigenvalue weighted by atomic mass is 10.1. The fourth-order valence-electron chi connectivity index (χ4n) is 1.05. The van der Waals surface area contributed by atoms with E-state index in [0.717, 1.165) is 5.69 Å². The molecular weight excluding hydrogens is 160 g/mol. The summed E-state index contributed by atoms with van der Waals surface area (Å²) in [6.45, 7) is 4.24. The van der Waals surface area contributed by atoms with Gasteiger partial charge in [-0.2, -0.15) is 0 Å². The van der Waals surface area contributed by atoms with E-state index in [9.17, 15) is 0 Å². The van der Waals surface area contributed by atoms with Crippen LogP contribution in [-0.2, 0) is 0 Å². The number of rotatable bonds is 3. The maximum Gasteiger partial charge on any atom is 0.0629 e. The van der Waals surface area contributed by atoms with Gasteiger partial charge in [-0.3, -0.25) is 4.98 Å². The number of hydrogen-bond donors (Lipinski definition) is 1. The lowest BCUT2D eigenvalue weighted by molar-refractivity contribution is 0.696. The van der Waals surface area contributed by atoms with Crippen molar-refractivity contribution in [3.05, 3.63) is 35.7 Å². The summed E-state index contributed by atoms with van der Waals surface area (Å²) in [4.78, 5) is 4.23. The molecule has 2 nitrogen and oxygen atoms in total. The van der Waals surface area contributed by atoms with Crippen LogP contribution in [0.5, 0.6) is 0 Å². The third-order valence-electron chi connectivity index (χ3n) is 2.18. The Morgan fingerprint density at radius 1 is 1.54 bits per heavy atom. The minimum atomic E-state index is 0.405. The maximum absolute atomic E-state index is 4.23. The standard InChI is InChI=1S/C11H16N2/c1-9(10(2)12-3)8-11-6-4-5-7-13-11/h4-8,10,12H,1-3H3/b9-8+. The van der Waals surface area contributed by atoms with Crippen LogP contribution >= 0.6 is 0 Å². The Labute approximate surface area is 79.7 Å². The first-order valence-corrected chi connectivity index (χ1v) is 4.50. The van der Waals surface area contributed by atoms with Gasteiger partial charge in [0.05, 0.1) is 5.69 Å². The molecule has 0 saturated carbocycles. The molecule has 1 unspecified atom stereocenters. The van der Waals surface area contributed by atoms with Gasteiger partial charge in [0.15, 0.2) is 0 Å². The van der Waals surface area contributed by atoms with Gasteiger partial charge in [0, 0.05) is 12.2 Å². The molecule has 1 aromatic rings. The SMILES string of the molecule is CNC(C)/C(C)=C/c1ccccn1. The smallest absolute Gasteiger partial charge is 0.0629 e. The Kier molecular flexibility index (Phi) is 3.65. The highest BCUT2D eigenvalue weighted by Crippen LogP contribution is 2.06. The van der Waals surface area contributed by atoms with Gasteiger partial charge in [-0.05, 0) is 39.1 Å². The summed E-state index contributed by atoms with van der Waals surface area (Å²) in [6.07, 6.45) is 3.91. The van der Waals surface area contributed by atoms with Gasteiger partial charge >= 0.3 is 0 Å². The summed E-state index contributed by atoms with van der Waals surface area (Å²) >= 11 is 0. The molecular formula is C11H16N2. The predicted molar refractivity (Wildman–Crippen MR) is 56.4 cm³/mol. The minimum absolute atomic E-state index is 0.405. The van der Waals surface area contributed by atoms with E-state index in [1.54, 1.807) is 0 Å². The van der Waals surface area contributed by atoms with E-state index < -0.39 is 0 Å². The third kappa shape index (κ3) is 2.99. The molecule has 0 aromatic carbocycles. The largest absolute Gasteiger partial charge is 0.314 e. The number of nitrogens with zero attached hydrogens (tertiary/aromatic N) is 1. The summed E-state index contributed by atoms with van der Waals surface area (Å²) in [7, 11) is 1.96. The molecule has 0 spiro atoms. The molecule has 0 fully saturated rings. The lowest BCUT2D eigenvalue weighted by Crippen LogP contribution is -2.21. The van der Waals surface area contributed by atoms with Gasteiger partial charge in [-0.15, -0.1) is 0 Å². The van der Waals surface area contributed by atoms with Gasteiger partial charge in [-0.25, -0.2) is 0 Å². The van der Waals surface area contributed by atoms with Gasteiger partial charge < -0.3 is 5.32 Å². The zero-order chi connectivity index (χ0) is 9.68. The van der Waals surface area contributed by atoms with Crippen molar-refractivity contribution >= 4 is 6.08 Å². The normalized spacial score (nSPS) is 14.2. The second-order valence-electron chi connectivity index (χ2n) is 3.15. The van der Waals surface area contributed by atoms with Crippen LogP contribution in [0.1, 0.15) is 19.5 Å². The van der Waals surface area contributed by atoms with Crippen molar-refractivity contribution in [1.82, 2.24) is 10.3 Å². The molecule has 0 aliphatic rings. The fraction of sp³-hybridized carbons (Fsp3) is 0.364. The molecule has 0 radical (unpaired) electrons. The summed E-state index contributed by atoms with van der Waals surface area (Å²) in [5.74, 6) is 0. The molecule has 1 aromatic heterocycles. The van der Waals surface area contributed by atoms with Crippen molar-refractivity contribution in [3.63, 3.8) is 0 Å². The van der Waals surface area contributed by atoms with Crippen molar-refractivity contribution in [2.24, 2.45) is 0 Å². The van der Waals surface area contributed by atoms with Crippen LogP contribution in [0.15, 0.2) is 30.0 Å². The molecule has 0 amide bonds.